The molecule has 0 aliphatic heterocycles. The summed E-state index contributed by atoms with van der Waals surface area (Å²) in [5, 5.41) is 0. The Labute approximate surface area is 136 Å². The topological polar surface area (TPSA) is 35.5 Å². The summed E-state index contributed by atoms with van der Waals surface area (Å²) < 4.78 is 19.4. The van der Waals surface area contributed by atoms with Crippen molar-refractivity contribution in [1.82, 2.24) is 0 Å². The summed E-state index contributed by atoms with van der Waals surface area (Å²) in [5.41, 5.74) is 0. The molecule has 0 aromatic heterocycles. The van der Waals surface area contributed by atoms with Crippen molar-refractivity contribution in [2.75, 3.05) is 7.11 Å². The van der Waals surface area contributed by atoms with E-state index in [0.29, 0.717) is 0 Å². The van der Waals surface area contributed by atoms with Crippen molar-refractivity contribution in [3.05, 3.63) is 0 Å². The SMILES string of the molecule is C#CC#CC#CC#CC#CC#CC#CC#CC#CO[P+](=O)OC. The van der Waals surface area contributed by atoms with Crippen LogP contribution in [0.5, 0.6) is 0 Å². The van der Waals surface area contributed by atoms with E-state index in [9.17, 15) is 4.57 Å². The second-order valence-electron chi connectivity index (χ2n) is 2.62. The second kappa shape index (κ2) is 16.0. The van der Waals surface area contributed by atoms with Crippen molar-refractivity contribution >= 4 is 8.25 Å². The molecule has 0 aromatic rings. The molecule has 0 N–H and O–H groups in total. The fourth-order valence-electron chi connectivity index (χ4n) is 0.565. The van der Waals surface area contributed by atoms with Crippen LogP contribution in [0.15, 0.2) is 0 Å². The molecule has 1 unspecified atom stereocenters. The Morgan fingerprint density at radius 1 is 0.652 bits per heavy atom. The maximum Gasteiger partial charge on any atom is 0.759 e. The van der Waals surface area contributed by atoms with Gasteiger partial charge in [0, 0.05) is 51.9 Å². The van der Waals surface area contributed by atoms with Gasteiger partial charge in [-0.15, -0.1) is 10.9 Å². The van der Waals surface area contributed by atoms with Gasteiger partial charge in [-0.3, -0.25) is 0 Å². The van der Waals surface area contributed by atoms with Gasteiger partial charge in [-0.2, -0.15) is 4.52 Å². The van der Waals surface area contributed by atoms with E-state index in [0.717, 1.165) is 0 Å². The smallest absolute Gasteiger partial charge is 0.172 e. The van der Waals surface area contributed by atoms with Crippen molar-refractivity contribution in [1.29, 1.82) is 0 Å². The van der Waals surface area contributed by atoms with Gasteiger partial charge in [-0.05, 0) is 47.4 Å². The minimum atomic E-state index is -2.22. The van der Waals surface area contributed by atoms with E-state index in [1.165, 1.54) is 7.11 Å². The molecule has 23 heavy (non-hydrogen) atoms. The Morgan fingerprint density at radius 3 is 1.35 bits per heavy atom. The first-order valence-corrected chi connectivity index (χ1v) is 6.54. The molecule has 0 fully saturated rings. The molecule has 0 heterocycles. The van der Waals surface area contributed by atoms with Crippen LogP contribution in [0.1, 0.15) is 0 Å². The molecule has 0 bridgehead atoms. The minimum Gasteiger partial charge on any atom is -0.172 e. The van der Waals surface area contributed by atoms with E-state index in [-0.39, 0.29) is 0 Å². The van der Waals surface area contributed by atoms with Crippen LogP contribution in [0.2, 0.25) is 0 Å². The molecule has 0 aliphatic rings. The predicted octanol–water partition coefficient (Wildman–Crippen LogP) is 0.925. The van der Waals surface area contributed by atoms with Gasteiger partial charge in [0.15, 0.2) is 6.11 Å². The molecular weight excluding hydrogens is 307 g/mol. The van der Waals surface area contributed by atoms with Crippen LogP contribution < -0.4 is 0 Å². The predicted molar refractivity (Wildman–Crippen MR) is 86.7 cm³/mol. The first-order valence-electron chi connectivity index (χ1n) is 5.45. The summed E-state index contributed by atoms with van der Waals surface area (Å²) in [6.07, 6.45) is 6.97. The van der Waals surface area contributed by atoms with Gasteiger partial charge in [0.1, 0.15) is 0 Å². The van der Waals surface area contributed by atoms with Gasteiger partial charge in [-0.25, -0.2) is 0 Å². The quantitative estimate of drug-likeness (QED) is 0.562. The third kappa shape index (κ3) is 15.8. The average molecular weight is 311 g/mol. The molecule has 3 nitrogen and oxygen atoms in total. The van der Waals surface area contributed by atoms with Crippen LogP contribution in [-0.4, -0.2) is 7.11 Å². The second-order valence-corrected chi connectivity index (χ2v) is 3.61. The van der Waals surface area contributed by atoms with Crippen LogP contribution in [0.25, 0.3) is 0 Å². The zero-order valence-corrected chi connectivity index (χ0v) is 12.6. The highest BCUT2D eigenvalue weighted by atomic mass is 31.1. The van der Waals surface area contributed by atoms with Crippen LogP contribution in [0.4, 0.5) is 0 Å². The molecule has 0 saturated carbocycles. The highest BCUT2D eigenvalue weighted by Gasteiger charge is 2.14. The molecular formula is C19H4O3P+. The van der Waals surface area contributed by atoms with Gasteiger partial charge >= 0.3 is 8.25 Å². The summed E-state index contributed by atoms with van der Waals surface area (Å²) in [6, 6.07) is 0. The zero-order valence-electron chi connectivity index (χ0n) is 11.7. The fourth-order valence-corrected chi connectivity index (χ4v) is 0.760. The maximum atomic E-state index is 10.6. The van der Waals surface area contributed by atoms with Gasteiger partial charge in [0.05, 0.1) is 7.11 Å². The lowest BCUT2D eigenvalue weighted by atomic mass is 10.5. The van der Waals surface area contributed by atoms with Crippen LogP contribution in [0, 0.1) is 107 Å². The van der Waals surface area contributed by atoms with Crippen LogP contribution in [0.3, 0.4) is 0 Å². The average Bonchev–Trinajstić information content (AvgIpc) is 2.57. The normalized spacial score (nSPS) is 5.65. The third-order valence-corrected chi connectivity index (χ3v) is 1.81. The van der Waals surface area contributed by atoms with Crippen molar-refractivity contribution in [2.45, 2.75) is 0 Å². The lowest BCUT2D eigenvalue weighted by molar-refractivity contribution is 0.337. The summed E-state index contributed by atoms with van der Waals surface area (Å²) in [4.78, 5) is 0. The van der Waals surface area contributed by atoms with Gasteiger partial charge in [-0.1, -0.05) is 0 Å². The highest BCUT2D eigenvalue weighted by molar-refractivity contribution is 7.33. The number of hydrogen-bond acceptors (Lipinski definition) is 3. The zero-order chi connectivity index (χ0) is 17.0. The lowest BCUT2D eigenvalue weighted by Gasteiger charge is -1.68. The van der Waals surface area contributed by atoms with Gasteiger partial charge in [0.2, 0.25) is 0 Å². The first kappa shape index (κ1) is 18.9. The molecule has 0 aromatic carbocycles. The summed E-state index contributed by atoms with van der Waals surface area (Å²) in [5.74, 6) is 38.2. The summed E-state index contributed by atoms with van der Waals surface area (Å²) in [7, 11) is -0.991. The van der Waals surface area contributed by atoms with E-state index < -0.39 is 8.25 Å². The molecule has 4 heteroatoms. The number of rotatable bonds is 2. The first-order chi connectivity index (χ1) is 11.3. The number of terminal acetylenes is 1. The van der Waals surface area contributed by atoms with Crippen LogP contribution in [-0.2, 0) is 13.6 Å². The van der Waals surface area contributed by atoms with Gasteiger partial charge < -0.3 is 0 Å². The van der Waals surface area contributed by atoms with E-state index in [4.69, 9.17) is 6.42 Å². The molecule has 1 atom stereocenters. The van der Waals surface area contributed by atoms with Crippen molar-refractivity contribution in [2.24, 2.45) is 0 Å². The molecule has 0 radical (unpaired) electrons. The summed E-state index contributed by atoms with van der Waals surface area (Å²) in [6.45, 7) is 0. The fraction of sp³-hybridized carbons (Fsp3) is 0.0526. The Kier molecular flexibility index (Phi) is 13.1. The maximum absolute atomic E-state index is 10.6. The standard InChI is InChI=1S/C19H4O3P/c1-3-4-5-6-7-8-9-10-11-12-13-14-15-16-17-18-19-22-23(20)21-2/h1H,2H3/q+1. The monoisotopic (exact) mass is 311 g/mol. The Bertz CT molecular complexity index is 996. The van der Waals surface area contributed by atoms with Gasteiger partial charge in [0.25, 0.3) is 0 Å². The van der Waals surface area contributed by atoms with E-state index in [1.807, 2.05) is 0 Å². The molecule has 0 spiro atoms. The van der Waals surface area contributed by atoms with E-state index in [2.05, 4.69) is 110 Å². The third-order valence-electron chi connectivity index (χ3n) is 1.27. The number of hydrogen-bond donors (Lipinski definition) is 0. The highest BCUT2D eigenvalue weighted by Crippen LogP contribution is 2.19. The largest absolute Gasteiger partial charge is 0.759 e. The van der Waals surface area contributed by atoms with E-state index in [1.54, 1.807) is 0 Å². The Morgan fingerprint density at radius 2 is 1.00 bits per heavy atom. The van der Waals surface area contributed by atoms with Crippen molar-refractivity contribution in [3.8, 4) is 107 Å². The lowest BCUT2D eigenvalue weighted by Crippen LogP contribution is -1.68. The van der Waals surface area contributed by atoms with E-state index >= 15 is 0 Å². The molecule has 102 valence electrons. The molecule has 0 aliphatic carbocycles. The van der Waals surface area contributed by atoms with Crippen molar-refractivity contribution in [3.63, 3.8) is 0 Å². The molecule has 0 rings (SSSR count). The summed E-state index contributed by atoms with van der Waals surface area (Å²) >= 11 is 0. The Balaban J connectivity index is 4.31. The van der Waals surface area contributed by atoms with Crippen molar-refractivity contribution < 1.29 is 13.6 Å². The molecule has 0 saturated heterocycles. The Hall–Kier alpha value is -4.10. The molecule has 0 amide bonds. The minimum absolute atomic E-state index is 1.23. The van der Waals surface area contributed by atoms with Crippen LogP contribution >= 0.6 is 8.25 Å².